The van der Waals surface area contributed by atoms with E-state index in [1.807, 2.05) is 6.07 Å². The first kappa shape index (κ1) is 16.9. The number of hydrogen-bond donors (Lipinski definition) is 1. The van der Waals surface area contributed by atoms with Crippen LogP contribution in [-0.4, -0.2) is 15.7 Å². The second-order valence-corrected chi connectivity index (χ2v) is 7.93. The number of amides is 1. The quantitative estimate of drug-likeness (QED) is 0.609. The molecule has 1 heterocycles. The minimum Gasteiger partial charge on any atom is -0.301 e. The number of aromatic nitrogens is 1. The molecule has 1 aromatic heterocycles. The molecule has 0 aliphatic carbocycles. The lowest BCUT2D eigenvalue weighted by atomic mass is 10.1. The summed E-state index contributed by atoms with van der Waals surface area (Å²) in [5.41, 5.74) is 2.18. The SMILES string of the molecule is CCCC[C@H](Br)C(=O)Nc1nc2c(CC)cc(Br)cc2s1. The van der Waals surface area contributed by atoms with E-state index in [2.05, 4.69) is 62.1 Å². The largest absolute Gasteiger partial charge is 0.301 e. The van der Waals surface area contributed by atoms with Crippen LogP contribution in [0.25, 0.3) is 10.2 Å². The van der Waals surface area contributed by atoms with Crippen LogP contribution in [0.15, 0.2) is 16.6 Å². The number of benzene rings is 1. The highest BCUT2D eigenvalue weighted by Gasteiger charge is 2.17. The van der Waals surface area contributed by atoms with Gasteiger partial charge in [-0.2, -0.15) is 0 Å². The van der Waals surface area contributed by atoms with Gasteiger partial charge in [-0.25, -0.2) is 4.98 Å². The highest BCUT2D eigenvalue weighted by molar-refractivity contribution is 9.10. The molecular formula is C15H18Br2N2OS. The molecule has 1 N–H and O–H groups in total. The maximum absolute atomic E-state index is 12.1. The molecule has 0 saturated heterocycles. The summed E-state index contributed by atoms with van der Waals surface area (Å²) in [5.74, 6) is -0.0142. The summed E-state index contributed by atoms with van der Waals surface area (Å²) in [6, 6.07) is 4.13. The van der Waals surface area contributed by atoms with Crippen LogP contribution in [0.5, 0.6) is 0 Å². The molecule has 1 aromatic carbocycles. The van der Waals surface area contributed by atoms with Crippen LogP contribution in [-0.2, 0) is 11.2 Å². The first-order valence-corrected chi connectivity index (χ1v) is 9.61. The van der Waals surface area contributed by atoms with Gasteiger partial charge in [-0.3, -0.25) is 4.79 Å². The van der Waals surface area contributed by atoms with Gasteiger partial charge in [-0.05, 0) is 30.5 Å². The van der Waals surface area contributed by atoms with E-state index in [0.29, 0.717) is 5.13 Å². The van der Waals surface area contributed by atoms with E-state index < -0.39 is 0 Å². The standard InChI is InChI=1S/C15H18Br2N2OS/c1-3-5-6-11(17)14(20)19-15-18-13-9(4-2)7-10(16)8-12(13)21-15/h7-8,11H,3-6H2,1-2H3,(H,18,19,20)/t11-/m0/s1. The number of rotatable bonds is 6. The Labute approximate surface area is 145 Å². The number of hydrogen-bond acceptors (Lipinski definition) is 3. The van der Waals surface area contributed by atoms with Crippen LogP contribution < -0.4 is 5.32 Å². The Morgan fingerprint density at radius 3 is 2.86 bits per heavy atom. The summed E-state index contributed by atoms with van der Waals surface area (Å²) in [6.45, 7) is 4.23. The summed E-state index contributed by atoms with van der Waals surface area (Å²) in [7, 11) is 0. The van der Waals surface area contributed by atoms with Gasteiger partial charge in [0.05, 0.1) is 15.0 Å². The Kier molecular flexibility index (Phi) is 6.20. The second-order valence-electron chi connectivity index (χ2n) is 4.88. The molecule has 6 heteroatoms. The summed E-state index contributed by atoms with van der Waals surface area (Å²) >= 11 is 8.48. The molecule has 3 nitrogen and oxygen atoms in total. The molecule has 0 aliphatic heterocycles. The van der Waals surface area contributed by atoms with E-state index in [0.717, 1.165) is 40.4 Å². The normalized spacial score (nSPS) is 12.6. The van der Waals surface area contributed by atoms with Crippen LogP contribution >= 0.6 is 43.2 Å². The lowest BCUT2D eigenvalue weighted by molar-refractivity contribution is -0.115. The Morgan fingerprint density at radius 1 is 1.43 bits per heavy atom. The number of halogens is 2. The van der Waals surface area contributed by atoms with E-state index in [4.69, 9.17) is 0 Å². The maximum Gasteiger partial charge on any atom is 0.239 e. The van der Waals surface area contributed by atoms with Crippen molar-refractivity contribution in [1.82, 2.24) is 4.98 Å². The Balaban J connectivity index is 2.18. The zero-order chi connectivity index (χ0) is 15.4. The molecule has 0 bridgehead atoms. The van der Waals surface area contributed by atoms with E-state index in [9.17, 15) is 4.79 Å². The minimum absolute atomic E-state index is 0.0142. The molecule has 0 unspecified atom stereocenters. The molecule has 2 aromatic rings. The van der Waals surface area contributed by atoms with E-state index in [-0.39, 0.29) is 10.7 Å². The van der Waals surface area contributed by atoms with Gasteiger partial charge in [0.25, 0.3) is 0 Å². The monoisotopic (exact) mass is 432 g/mol. The highest BCUT2D eigenvalue weighted by Crippen LogP contribution is 2.32. The van der Waals surface area contributed by atoms with Crippen LogP contribution in [0.1, 0.15) is 38.7 Å². The average molecular weight is 434 g/mol. The Hall–Kier alpha value is -0.460. The van der Waals surface area contributed by atoms with Crippen molar-refractivity contribution < 1.29 is 4.79 Å². The number of unbranched alkanes of at least 4 members (excludes halogenated alkanes) is 1. The lowest BCUT2D eigenvalue weighted by Gasteiger charge is -2.07. The van der Waals surface area contributed by atoms with E-state index >= 15 is 0 Å². The van der Waals surface area contributed by atoms with Crippen molar-refractivity contribution in [2.75, 3.05) is 5.32 Å². The van der Waals surface area contributed by atoms with Crippen molar-refractivity contribution in [2.45, 2.75) is 44.4 Å². The first-order chi connectivity index (χ1) is 10.0. The third-order valence-corrected chi connectivity index (χ3v) is 5.49. The third-order valence-electron chi connectivity index (χ3n) is 3.25. The van der Waals surface area contributed by atoms with Crippen molar-refractivity contribution in [3.05, 3.63) is 22.2 Å². The predicted molar refractivity (Wildman–Crippen MR) is 97.6 cm³/mol. The number of carbonyl (C=O) groups excluding carboxylic acids is 1. The fourth-order valence-corrected chi connectivity index (χ4v) is 4.13. The van der Waals surface area contributed by atoms with E-state index in [1.165, 1.54) is 16.9 Å². The number of anilines is 1. The maximum atomic E-state index is 12.1. The molecule has 0 fully saturated rings. The van der Waals surface area contributed by atoms with Gasteiger partial charge in [0.1, 0.15) is 0 Å². The number of carbonyl (C=O) groups is 1. The lowest BCUT2D eigenvalue weighted by Crippen LogP contribution is -2.22. The molecule has 0 spiro atoms. The third kappa shape index (κ3) is 4.27. The number of nitrogens with one attached hydrogen (secondary N) is 1. The summed E-state index contributed by atoms with van der Waals surface area (Å²) in [4.78, 5) is 16.5. The average Bonchev–Trinajstić information content (AvgIpc) is 2.85. The smallest absolute Gasteiger partial charge is 0.239 e. The van der Waals surface area contributed by atoms with E-state index in [1.54, 1.807) is 0 Å². The number of fused-ring (bicyclic) bond motifs is 1. The van der Waals surface area contributed by atoms with Crippen LogP contribution in [0, 0.1) is 0 Å². The van der Waals surface area contributed by atoms with Crippen LogP contribution in [0.2, 0.25) is 0 Å². The highest BCUT2D eigenvalue weighted by atomic mass is 79.9. The number of thiazole rings is 1. The summed E-state index contributed by atoms with van der Waals surface area (Å²) < 4.78 is 2.14. The number of alkyl halides is 1. The zero-order valence-electron chi connectivity index (χ0n) is 12.1. The van der Waals surface area contributed by atoms with Crippen molar-refractivity contribution in [3.8, 4) is 0 Å². The molecule has 114 valence electrons. The topological polar surface area (TPSA) is 42.0 Å². The number of aryl methyl sites for hydroxylation is 1. The fourth-order valence-electron chi connectivity index (χ4n) is 2.08. The molecule has 1 amide bonds. The van der Waals surface area contributed by atoms with Gasteiger partial charge >= 0.3 is 0 Å². The molecule has 21 heavy (non-hydrogen) atoms. The Bertz CT molecular complexity index is 642. The van der Waals surface area contributed by atoms with Crippen LogP contribution in [0.4, 0.5) is 5.13 Å². The molecule has 1 atom stereocenters. The predicted octanol–water partition coefficient (Wildman–Crippen LogP) is 5.51. The van der Waals surface area contributed by atoms with Gasteiger partial charge in [-0.1, -0.05) is 69.9 Å². The van der Waals surface area contributed by atoms with Crippen molar-refractivity contribution in [3.63, 3.8) is 0 Å². The van der Waals surface area contributed by atoms with Crippen LogP contribution in [0.3, 0.4) is 0 Å². The van der Waals surface area contributed by atoms with Crippen molar-refractivity contribution in [2.24, 2.45) is 0 Å². The molecule has 0 saturated carbocycles. The summed E-state index contributed by atoms with van der Waals surface area (Å²) in [6.07, 6.45) is 3.89. The zero-order valence-corrected chi connectivity index (χ0v) is 16.1. The van der Waals surface area contributed by atoms with Gasteiger partial charge in [0.2, 0.25) is 5.91 Å². The first-order valence-electron chi connectivity index (χ1n) is 7.09. The van der Waals surface area contributed by atoms with Gasteiger partial charge in [0, 0.05) is 4.47 Å². The van der Waals surface area contributed by atoms with Gasteiger partial charge in [0.15, 0.2) is 5.13 Å². The second kappa shape index (κ2) is 7.70. The molecule has 0 radical (unpaired) electrons. The summed E-state index contributed by atoms with van der Waals surface area (Å²) in [5, 5.41) is 3.59. The van der Waals surface area contributed by atoms with Crippen molar-refractivity contribution in [1.29, 1.82) is 0 Å². The number of nitrogens with zero attached hydrogens (tertiary/aromatic N) is 1. The molecule has 2 rings (SSSR count). The minimum atomic E-state index is -0.151. The van der Waals surface area contributed by atoms with Gasteiger partial charge < -0.3 is 5.32 Å². The Morgan fingerprint density at radius 2 is 2.19 bits per heavy atom. The van der Waals surface area contributed by atoms with Crippen molar-refractivity contribution >= 4 is 64.5 Å². The van der Waals surface area contributed by atoms with Gasteiger partial charge in [-0.15, -0.1) is 0 Å². The molecular weight excluding hydrogens is 416 g/mol. The molecule has 0 aliphatic rings. The fraction of sp³-hybridized carbons (Fsp3) is 0.467.